The lowest BCUT2D eigenvalue weighted by Gasteiger charge is -2.22. The fourth-order valence-corrected chi connectivity index (χ4v) is 1.07. The van der Waals surface area contributed by atoms with Gasteiger partial charge in [-0.05, 0) is 25.5 Å². The summed E-state index contributed by atoms with van der Waals surface area (Å²) in [7, 11) is 0. The molecule has 0 radical (unpaired) electrons. The van der Waals surface area contributed by atoms with E-state index in [2.05, 4.69) is 5.32 Å². The molecule has 3 nitrogen and oxygen atoms in total. The van der Waals surface area contributed by atoms with Crippen LogP contribution in [0, 0.1) is 11.6 Å². The number of carbonyl (C=O) groups excluding carboxylic acids is 1. The summed E-state index contributed by atoms with van der Waals surface area (Å²) < 4.78 is 25.8. The molecule has 1 amide bonds. The minimum Gasteiger partial charge on any atom is -0.371 e. The Hall–Kier alpha value is -1.49. The lowest BCUT2D eigenvalue weighted by molar-refractivity contribution is 0.0199. The van der Waals surface area contributed by atoms with Gasteiger partial charge in [0.05, 0.1) is 5.56 Å². The van der Waals surface area contributed by atoms with Gasteiger partial charge in [-0.1, -0.05) is 6.92 Å². The molecule has 0 spiro atoms. The third kappa shape index (κ3) is 3.00. The number of rotatable bonds is 3. The standard InChI is InChI=1S/C11H13F2NO2/c1-3-11(2,16)14-10(15)8-5-4-7(12)6-9(8)13/h4-6,16H,3H2,1-2H3,(H,14,15). The zero-order valence-corrected chi connectivity index (χ0v) is 9.05. The third-order valence-electron chi connectivity index (χ3n) is 2.25. The lowest BCUT2D eigenvalue weighted by atomic mass is 10.1. The fourth-order valence-electron chi connectivity index (χ4n) is 1.07. The summed E-state index contributed by atoms with van der Waals surface area (Å²) in [4.78, 5) is 11.5. The van der Waals surface area contributed by atoms with Gasteiger partial charge in [-0.15, -0.1) is 0 Å². The molecule has 16 heavy (non-hydrogen) atoms. The van der Waals surface area contributed by atoms with E-state index in [0.717, 1.165) is 12.1 Å². The molecule has 0 saturated heterocycles. The van der Waals surface area contributed by atoms with E-state index in [-0.39, 0.29) is 12.0 Å². The molecule has 0 saturated carbocycles. The summed E-state index contributed by atoms with van der Waals surface area (Å²) in [6.45, 7) is 3.06. The van der Waals surface area contributed by atoms with Crippen molar-refractivity contribution in [3.05, 3.63) is 35.4 Å². The Balaban J connectivity index is 2.89. The first-order chi connectivity index (χ1) is 7.35. The minimum absolute atomic E-state index is 0.279. The Bertz CT molecular complexity index is 405. The van der Waals surface area contributed by atoms with E-state index in [9.17, 15) is 18.7 Å². The van der Waals surface area contributed by atoms with Crippen LogP contribution in [0.5, 0.6) is 0 Å². The second kappa shape index (κ2) is 4.57. The van der Waals surface area contributed by atoms with Gasteiger partial charge in [0, 0.05) is 6.07 Å². The van der Waals surface area contributed by atoms with Crippen molar-refractivity contribution >= 4 is 5.91 Å². The highest BCUT2D eigenvalue weighted by molar-refractivity contribution is 5.94. The minimum atomic E-state index is -1.40. The van der Waals surface area contributed by atoms with E-state index in [1.165, 1.54) is 6.92 Å². The van der Waals surface area contributed by atoms with Gasteiger partial charge in [0.15, 0.2) is 0 Å². The van der Waals surface area contributed by atoms with Crippen molar-refractivity contribution in [2.24, 2.45) is 0 Å². The molecule has 1 rings (SSSR count). The highest BCUT2D eigenvalue weighted by Crippen LogP contribution is 2.11. The molecule has 1 unspecified atom stereocenters. The zero-order valence-electron chi connectivity index (χ0n) is 9.05. The van der Waals surface area contributed by atoms with E-state index < -0.39 is 23.3 Å². The lowest BCUT2D eigenvalue weighted by Crippen LogP contribution is -2.45. The quantitative estimate of drug-likeness (QED) is 0.776. The second-order valence-corrected chi connectivity index (χ2v) is 3.71. The first-order valence-electron chi connectivity index (χ1n) is 4.85. The smallest absolute Gasteiger partial charge is 0.256 e. The largest absolute Gasteiger partial charge is 0.371 e. The molecule has 2 N–H and O–H groups in total. The maximum Gasteiger partial charge on any atom is 0.256 e. The van der Waals surface area contributed by atoms with Crippen LogP contribution < -0.4 is 5.32 Å². The summed E-state index contributed by atoms with van der Waals surface area (Å²) in [5.41, 5.74) is -1.70. The molecular weight excluding hydrogens is 216 g/mol. The molecule has 1 atom stereocenters. The molecular formula is C11H13F2NO2. The van der Waals surface area contributed by atoms with Crippen LogP contribution in [0.2, 0.25) is 0 Å². The van der Waals surface area contributed by atoms with Crippen LogP contribution in [0.1, 0.15) is 30.6 Å². The summed E-state index contributed by atoms with van der Waals surface area (Å²) in [6.07, 6.45) is 0.279. The Kier molecular flexibility index (Phi) is 3.59. The number of hydrogen-bond donors (Lipinski definition) is 2. The van der Waals surface area contributed by atoms with Crippen LogP contribution >= 0.6 is 0 Å². The maximum absolute atomic E-state index is 13.2. The van der Waals surface area contributed by atoms with E-state index in [0.29, 0.717) is 6.07 Å². The monoisotopic (exact) mass is 229 g/mol. The molecule has 0 aliphatic rings. The molecule has 1 aromatic rings. The van der Waals surface area contributed by atoms with Gasteiger partial charge in [0.25, 0.3) is 5.91 Å². The van der Waals surface area contributed by atoms with Gasteiger partial charge in [-0.2, -0.15) is 0 Å². The van der Waals surface area contributed by atoms with Crippen molar-refractivity contribution in [1.82, 2.24) is 5.32 Å². The number of nitrogens with one attached hydrogen (secondary N) is 1. The number of benzene rings is 1. The normalized spacial score (nSPS) is 14.3. The van der Waals surface area contributed by atoms with Crippen molar-refractivity contribution < 1.29 is 18.7 Å². The van der Waals surface area contributed by atoms with Crippen LogP contribution in [0.4, 0.5) is 8.78 Å². The average Bonchev–Trinajstić information content (AvgIpc) is 2.16. The number of amides is 1. The van der Waals surface area contributed by atoms with Crippen LogP contribution in [0.3, 0.4) is 0 Å². The van der Waals surface area contributed by atoms with Gasteiger partial charge < -0.3 is 10.4 Å². The van der Waals surface area contributed by atoms with Gasteiger partial charge in [-0.25, -0.2) is 8.78 Å². The number of hydrogen-bond acceptors (Lipinski definition) is 2. The summed E-state index contributed by atoms with van der Waals surface area (Å²) in [6, 6.07) is 2.64. The zero-order chi connectivity index (χ0) is 12.3. The molecule has 0 aliphatic carbocycles. The van der Waals surface area contributed by atoms with E-state index in [1.54, 1.807) is 6.92 Å². The number of halogens is 2. The third-order valence-corrected chi connectivity index (χ3v) is 2.25. The molecule has 0 aromatic heterocycles. The van der Waals surface area contributed by atoms with Crippen LogP contribution in [-0.4, -0.2) is 16.7 Å². The summed E-state index contributed by atoms with van der Waals surface area (Å²) in [5, 5.41) is 11.8. The van der Waals surface area contributed by atoms with Crippen LogP contribution in [0.15, 0.2) is 18.2 Å². The molecule has 5 heteroatoms. The first-order valence-corrected chi connectivity index (χ1v) is 4.85. The summed E-state index contributed by atoms with van der Waals surface area (Å²) in [5.74, 6) is -2.48. The van der Waals surface area contributed by atoms with Crippen molar-refractivity contribution in [3.63, 3.8) is 0 Å². The van der Waals surface area contributed by atoms with Gasteiger partial charge >= 0.3 is 0 Å². The average molecular weight is 229 g/mol. The van der Waals surface area contributed by atoms with Crippen molar-refractivity contribution in [2.45, 2.75) is 26.0 Å². The Morgan fingerprint density at radius 2 is 2.12 bits per heavy atom. The van der Waals surface area contributed by atoms with Gasteiger partial charge in [-0.3, -0.25) is 4.79 Å². The van der Waals surface area contributed by atoms with E-state index in [1.807, 2.05) is 0 Å². The molecule has 0 bridgehead atoms. The van der Waals surface area contributed by atoms with Crippen molar-refractivity contribution in [2.75, 3.05) is 0 Å². The SMILES string of the molecule is CCC(C)(O)NC(=O)c1ccc(F)cc1F. The van der Waals surface area contributed by atoms with Gasteiger partial charge in [0.2, 0.25) is 0 Å². The van der Waals surface area contributed by atoms with E-state index >= 15 is 0 Å². The highest BCUT2D eigenvalue weighted by Gasteiger charge is 2.22. The predicted molar refractivity (Wildman–Crippen MR) is 54.7 cm³/mol. The fraction of sp³-hybridized carbons (Fsp3) is 0.364. The van der Waals surface area contributed by atoms with Crippen molar-refractivity contribution in [1.29, 1.82) is 0 Å². The molecule has 0 heterocycles. The number of aliphatic hydroxyl groups is 1. The first kappa shape index (κ1) is 12.6. The maximum atomic E-state index is 13.2. The molecule has 88 valence electrons. The highest BCUT2D eigenvalue weighted by atomic mass is 19.1. The predicted octanol–water partition coefficient (Wildman–Crippen LogP) is 1.81. The Morgan fingerprint density at radius 1 is 1.50 bits per heavy atom. The molecule has 1 aromatic carbocycles. The second-order valence-electron chi connectivity index (χ2n) is 3.71. The Labute approximate surface area is 92.1 Å². The van der Waals surface area contributed by atoms with Gasteiger partial charge in [0.1, 0.15) is 17.4 Å². The Morgan fingerprint density at radius 3 is 2.62 bits per heavy atom. The number of carbonyl (C=O) groups is 1. The van der Waals surface area contributed by atoms with Crippen LogP contribution in [0.25, 0.3) is 0 Å². The molecule has 0 aliphatic heterocycles. The topological polar surface area (TPSA) is 49.3 Å². The van der Waals surface area contributed by atoms with Crippen LogP contribution in [-0.2, 0) is 0 Å². The van der Waals surface area contributed by atoms with E-state index in [4.69, 9.17) is 0 Å². The summed E-state index contributed by atoms with van der Waals surface area (Å²) >= 11 is 0. The molecule has 0 fully saturated rings. The van der Waals surface area contributed by atoms with Crippen molar-refractivity contribution in [3.8, 4) is 0 Å².